The lowest BCUT2D eigenvalue weighted by atomic mass is 15.5. The molecule has 13 N–H and O–H groups in total. The molecule has 0 spiro atoms. The van der Waals surface area contributed by atoms with Gasteiger partial charge in [-0.2, -0.15) is 0 Å². The van der Waals surface area contributed by atoms with Crippen LogP contribution in [0.25, 0.3) is 0 Å². The van der Waals surface area contributed by atoms with E-state index in [4.69, 9.17) is 0 Å². The van der Waals surface area contributed by atoms with Crippen molar-refractivity contribution in [3.63, 3.8) is 0 Å². The van der Waals surface area contributed by atoms with E-state index in [1.807, 2.05) is 0 Å². The predicted molar refractivity (Wildman–Crippen MR) is 83.6 cm³/mol. The highest BCUT2D eigenvalue weighted by atomic mass is 28.6. The van der Waals surface area contributed by atoms with E-state index in [0.717, 1.165) is 0 Å². The number of rotatable bonds is 0. The zero-order valence-corrected chi connectivity index (χ0v) is 21.1. The zero-order chi connectivity index (χ0) is 22.9. The fraction of sp³-hybridized carbons (Fsp3) is 0. The molecule has 29 heteroatoms. The van der Waals surface area contributed by atoms with Crippen LogP contribution in [0.3, 0.4) is 0 Å². The molecule has 1 fully saturated rings. The van der Waals surface area contributed by atoms with E-state index in [2.05, 4.69) is 32.9 Å². The standard InChI is InChI=1S/H13O21Si8/c1-22-14-23(2)16-25(4,5)18-27(8,9)20-29(12,13)21-28(10,11)19-26(6,7)17-24(3)15-22/h1-13H. The molecule has 0 bridgehead atoms. The van der Waals surface area contributed by atoms with Crippen LogP contribution >= 0.6 is 0 Å². The van der Waals surface area contributed by atoms with Crippen molar-refractivity contribution in [2.75, 3.05) is 0 Å². The van der Waals surface area contributed by atoms with Crippen molar-refractivity contribution in [1.82, 2.24) is 0 Å². The van der Waals surface area contributed by atoms with Crippen molar-refractivity contribution < 1.29 is 95.3 Å². The molecule has 0 aromatic carbocycles. The topological polar surface area (TPSA) is 337 Å². The molecule has 29 heavy (non-hydrogen) atoms. The van der Waals surface area contributed by atoms with Gasteiger partial charge >= 0.3 is 73.8 Å². The Morgan fingerprint density at radius 1 is 0.379 bits per heavy atom. The minimum absolute atomic E-state index is 3.76. The van der Waals surface area contributed by atoms with Crippen LogP contribution in [0.5, 0.6) is 0 Å². The summed E-state index contributed by atoms with van der Waals surface area (Å²) in [5.41, 5.74) is 0. The summed E-state index contributed by atoms with van der Waals surface area (Å²) >= 11 is 0. The molecule has 0 aromatic rings. The molecule has 21 nitrogen and oxygen atoms in total. The average Bonchev–Trinajstić information content (AvgIpc) is 2.26. The summed E-state index contributed by atoms with van der Waals surface area (Å²) in [4.78, 5) is 122. The highest BCUT2D eigenvalue weighted by molar-refractivity contribution is 6.78. The van der Waals surface area contributed by atoms with Gasteiger partial charge in [-0.15, -0.1) is 0 Å². The van der Waals surface area contributed by atoms with Gasteiger partial charge in [-0.05, 0) is 0 Å². The molecule has 0 amide bonds. The zero-order valence-electron chi connectivity index (χ0n) is 13.1. The first-order chi connectivity index (χ1) is 12.7. The molecule has 0 aromatic heterocycles. The van der Waals surface area contributed by atoms with Crippen LogP contribution in [0.4, 0.5) is 0 Å². The van der Waals surface area contributed by atoms with Gasteiger partial charge in [0, 0.05) is 0 Å². The fourth-order valence-electron chi connectivity index (χ4n) is 1.24. The Morgan fingerprint density at radius 2 is 0.621 bits per heavy atom. The SMILES string of the molecule is O[Si]1O[Si](O)O[Si](O)(O)O[Si](O)(O)O[Si](O)(O)O[Si](O)(O)O[Si](O)(O)O[Si](O)O1. The smallest absolute Gasteiger partial charge is 0.388 e. The van der Waals surface area contributed by atoms with E-state index in [0.29, 0.717) is 0 Å². The van der Waals surface area contributed by atoms with Gasteiger partial charge in [-0.1, -0.05) is 0 Å². The van der Waals surface area contributed by atoms with E-state index >= 15 is 0 Å². The van der Waals surface area contributed by atoms with E-state index in [1.165, 1.54) is 0 Å². The third kappa shape index (κ3) is 11.4. The first kappa shape index (κ1) is 27.9. The Kier molecular flexibility index (Phi) is 9.44. The minimum atomic E-state index is -6.10. The Bertz CT molecular complexity index is 483. The molecular formula is H13O21Si8. The summed E-state index contributed by atoms with van der Waals surface area (Å²) in [5, 5.41) is 0. The molecule has 1 aliphatic rings. The summed E-state index contributed by atoms with van der Waals surface area (Å²) in [6.07, 6.45) is 0. The van der Waals surface area contributed by atoms with Gasteiger partial charge in [0.2, 0.25) is 0 Å². The highest BCUT2D eigenvalue weighted by Crippen LogP contribution is 2.18. The van der Waals surface area contributed by atoms with Crippen molar-refractivity contribution in [3.8, 4) is 0 Å². The molecule has 171 valence electrons. The van der Waals surface area contributed by atoms with Gasteiger partial charge in [0.15, 0.2) is 0 Å². The Morgan fingerprint density at radius 3 is 0.897 bits per heavy atom. The van der Waals surface area contributed by atoms with Gasteiger partial charge in [0.1, 0.15) is 0 Å². The van der Waals surface area contributed by atoms with Gasteiger partial charge < -0.3 is 95.3 Å². The molecule has 1 aliphatic heterocycles. The van der Waals surface area contributed by atoms with Crippen LogP contribution in [0, 0.1) is 0 Å². The second-order valence-electron chi connectivity index (χ2n) is 4.36. The highest BCUT2D eigenvalue weighted by Gasteiger charge is 2.64. The molecule has 1 saturated heterocycles. The van der Waals surface area contributed by atoms with Crippen LogP contribution in [-0.2, 0) is 32.9 Å². The van der Waals surface area contributed by atoms with Gasteiger partial charge in [-0.3, -0.25) is 0 Å². The van der Waals surface area contributed by atoms with Crippen LogP contribution < -0.4 is 0 Å². The van der Waals surface area contributed by atoms with E-state index < -0.39 is 73.8 Å². The van der Waals surface area contributed by atoms with E-state index in [-0.39, 0.29) is 0 Å². The van der Waals surface area contributed by atoms with E-state index in [1.54, 1.807) is 0 Å². The van der Waals surface area contributed by atoms with Gasteiger partial charge in [-0.25, -0.2) is 0 Å². The Balaban J connectivity index is 3.15. The molecule has 0 unspecified atom stereocenters. The summed E-state index contributed by atoms with van der Waals surface area (Å²) in [6, 6.07) is 0. The molecule has 1 rings (SSSR count). The lowest BCUT2D eigenvalue weighted by molar-refractivity contribution is -0.0180. The van der Waals surface area contributed by atoms with Gasteiger partial charge in [0.05, 0.1) is 0 Å². The average molecular weight is 574 g/mol. The van der Waals surface area contributed by atoms with Crippen molar-refractivity contribution in [2.24, 2.45) is 0 Å². The first-order valence-electron chi connectivity index (χ1n) is 6.17. The maximum atomic E-state index is 9.41. The molecule has 0 saturated carbocycles. The molecular weight excluding hydrogens is 561 g/mol. The largest absolute Gasteiger partial charge is 0.662 e. The van der Waals surface area contributed by atoms with Gasteiger partial charge in [0.25, 0.3) is 0 Å². The number of hydrogen-bond acceptors (Lipinski definition) is 21. The Labute approximate surface area is 169 Å². The number of hydrogen-bond donors (Lipinski definition) is 13. The van der Waals surface area contributed by atoms with Crippen molar-refractivity contribution in [1.29, 1.82) is 0 Å². The lowest BCUT2D eigenvalue weighted by Crippen LogP contribution is -2.68. The lowest BCUT2D eigenvalue weighted by Gasteiger charge is -2.31. The minimum Gasteiger partial charge on any atom is -0.388 e. The predicted octanol–water partition coefficient (Wildman–Crippen LogP) is -10.8. The molecule has 0 aliphatic carbocycles. The molecule has 0 atom stereocenters. The second kappa shape index (κ2) is 9.80. The van der Waals surface area contributed by atoms with Crippen LogP contribution in [0.1, 0.15) is 0 Å². The van der Waals surface area contributed by atoms with Crippen molar-refractivity contribution in [3.05, 3.63) is 0 Å². The van der Waals surface area contributed by atoms with Crippen LogP contribution in [-0.4, -0.2) is 136 Å². The fourth-order valence-corrected chi connectivity index (χ4v) is 14.1. The maximum absolute atomic E-state index is 9.41. The summed E-state index contributed by atoms with van der Waals surface area (Å²) in [6.45, 7) is 0. The third-order valence-corrected chi connectivity index (χ3v) is 16.7. The monoisotopic (exact) mass is 573 g/mol. The Hall–Kier alpha value is 0.895. The van der Waals surface area contributed by atoms with Crippen molar-refractivity contribution in [2.45, 2.75) is 0 Å². The molecule has 3 radical (unpaired) electrons. The normalized spacial score (nSPS) is 30.1. The summed E-state index contributed by atoms with van der Waals surface area (Å²) in [5.74, 6) is 0. The summed E-state index contributed by atoms with van der Waals surface area (Å²) in [7, 11) is -41.4. The third-order valence-electron chi connectivity index (χ3n) is 1.85. The quantitative estimate of drug-likeness (QED) is 0.119. The van der Waals surface area contributed by atoms with Crippen LogP contribution in [0.15, 0.2) is 0 Å². The second-order valence-corrected chi connectivity index (χ2v) is 18.0. The maximum Gasteiger partial charge on any atom is 0.662 e. The van der Waals surface area contributed by atoms with Crippen LogP contribution in [0.2, 0.25) is 0 Å². The van der Waals surface area contributed by atoms with Crippen molar-refractivity contribution >= 4 is 73.8 Å². The summed E-state index contributed by atoms with van der Waals surface area (Å²) < 4.78 is 31.5. The molecule has 1 heterocycles. The first-order valence-corrected chi connectivity index (χ1v) is 18.5. The van der Waals surface area contributed by atoms with E-state index in [9.17, 15) is 62.3 Å².